The summed E-state index contributed by atoms with van der Waals surface area (Å²) in [5.41, 5.74) is 2.71. The Morgan fingerprint density at radius 1 is 0.518 bits per heavy atom. The largest absolute Gasteiger partial charge is 0.573 e. The Kier molecular flexibility index (Phi) is 10.6. The lowest BCUT2D eigenvalue weighted by Crippen LogP contribution is -2.17. The molecular weight excluding hydrogens is 742 g/mol. The summed E-state index contributed by atoms with van der Waals surface area (Å²) in [6.45, 7) is 0.527. The standard InChI is InChI=1S/2C19H14F3N5O/c2*20-19(21,22)28-14-5-3-4-13(10-14)11-24-17-15-6-1-2-7-16(15)25-18(26-17)27-9-8-23-12-27/h2*1-10,12H,11H2,(H,24,25,26). The van der Waals surface area contributed by atoms with E-state index in [0.29, 0.717) is 34.7 Å². The summed E-state index contributed by atoms with van der Waals surface area (Å²) in [6.07, 6.45) is 0.425. The van der Waals surface area contributed by atoms with Crippen LogP contribution in [0, 0.1) is 0 Å². The molecule has 0 aliphatic carbocycles. The van der Waals surface area contributed by atoms with Crippen molar-refractivity contribution in [2.75, 3.05) is 10.6 Å². The van der Waals surface area contributed by atoms with Gasteiger partial charge in [-0.2, -0.15) is 9.97 Å². The second kappa shape index (κ2) is 16.0. The Morgan fingerprint density at radius 2 is 0.946 bits per heavy atom. The number of rotatable bonds is 10. The third-order valence-electron chi connectivity index (χ3n) is 7.84. The molecule has 2 N–H and O–H groups in total. The Bertz CT molecular complexity index is 2370. The van der Waals surface area contributed by atoms with Gasteiger partial charge in [0.25, 0.3) is 0 Å². The van der Waals surface area contributed by atoms with Crippen molar-refractivity contribution in [3.05, 3.63) is 146 Å². The van der Waals surface area contributed by atoms with Crippen molar-refractivity contribution in [3.8, 4) is 23.4 Å². The van der Waals surface area contributed by atoms with Crippen molar-refractivity contribution < 1.29 is 35.8 Å². The molecule has 0 spiro atoms. The van der Waals surface area contributed by atoms with Crippen molar-refractivity contribution in [1.29, 1.82) is 0 Å². The predicted molar refractivity (Wildman–Crippen MR) is 194 cm³/mol. The van der Waals surface area contributed by atoms with Crippen LogP contribution < -0.4 is 20.1 Å². The van der Waals surface area contributed by atoms with Crippen LogP contribution >= 0.6 is 0 Å². The van der Waals surface area contributed by atoms with Gasteiger partial charge in [-0.3, -0.25) is 9.13 Å². The zero-order valence-corrected chi connectivity index (χ0v) is 28.8. The maximum absolute atomic E-state index is 12.4. The fourth-order valence-corrected chi connectivity index (χ4v) is 5.46. The van der Waals surface area contributed by atoms with Gasteiger partial charge < -0.3 is 20.1 Å². The first kappa shape index (κ1) is 37.1. The quantitative estimate of drug-likeness (QED) is 0.130. The normalized spacial score (nSPS) is 11.5. The second-order valence-corrected chi connectivity index (χ2v) is 11.8. The summed E-state index contributed by atoms with van der Waals surface area (Å²) < 4.78 is 85.8. The van der Waals surface area contributed by atoms with Gasteiger partial charge in [-0.1, -0.05) is 48.5 Å². The minimum absolute atomic E-state index is 0.263. The number of imidazole rings is 2. The van der Waals surface area contributed by atoms with Crippen molar-refractivity contribution >= 4 is 33.4 Å². The maximum atomic E-state index is 12.4. The summed E-state index contributed by atoms with van der Waals surface area (Å²) in [5.74, 6) is 1.48. The van der Waals surface area contributed by atoms with Gasteiger partial charge in [-0.15, -0.1) is 26.3 Å². The van der Waals surface area contributed by atoms with Gasteiger partial charge in [-0.05, 0) is 59.7 Å². The lowest BCUT2D eigenvalue weighted by molar-refractivity contribution is -0.275. The third kappa shape index (κ3) is 9.64. The molecule has 284 valence electrons. The molecule has 0 unspecified atom stereocenters. The molecule has 12 nitrogen and oxygen atoms in total. The Morgan fingerprint density at radius 3 is 1.34 bits per heavy atom. The number of fused-ring (bicyclic) bond motifs is 2. The van der Waals surface area contributed by atoms with Crippen molar-refractivity contribution in [2.45, 2.75) is 25.8 Å². The average molecular weight is 771 g/mol. The van der Waals surface area contributed by atoms with Crippen molar-refractivity contribution in [3.63, 3.8) is 0 Å². The van der Waals surface area contributed by atoms with Crippen LogP contribution in [0.15, 0.2) is 135 Å². The Labute approximate surface area is 313 Å². The monoisotopic (exact) mass is 770 g/mol. The van der Waals surface area contributed by atoms with E-state index in [1.165, 1.54) is 36.4 Å². The van der Waals surface area contributed by atoms with E-state index in [0.717, 1.165) is 21.8 Å². The molecule has 56 heavy (non-hydrogen) atoms. The molecule has 0 aliphatic rings. The van der Waals surface area contributed by atoms with Crippen LogP contribution in [0.5, 0.6) is 11.5 Å². The Balaban J connectivity index is 0.000000172. The molecule has 0 saturated heterocycles. The van der Waals surface area contributed by atoms with Crippen LogP contribution in [0.4, 0.5) is 38.0 Å². The van der Waals surface area contributed by atoms with E-state index in [1.807, 2.05) is 48.5 Å². The molecule has 0 bridgehead atoms. The number of aromatic nitrogens is 8. The molecule has 0 saturated carbocycles. The second-order valence-electron chi connectivity index (χ2n) is 11.8. The molecule has 8 aromatic rings. The topological polar surface area (TPSA) is 130 Å². The molecule has 0 radical (unpaired) electrons. The highest BCUT2D eigenvalue weighted by Crippen LogP contribution is 2.27. The number of anilines is 2. The summed E-state index contributed by atoms with van der Waals surface area (Å²) in [4.78, 5) is 26.1. The van der Waals surface area contributed by atoms with Gasteiger partial charge in [0.05, 0.1) is 11.0 Å². The van der Waals surface area contributed by atoms with Gasteiger partial charge in [0.1, 0.15) is 35.8 Å². The van der Waals surface area contributed by atoms with Crippen molar-refractivity contribution in [2.24, 2.45) is 0 Å². The SMILES string of the molecule is FC(F)(F)Oc1cccc(CNc2nc(-n3ccnc3)nc3ccccc23)c1.FC(F)(F)Oc1cccc(CNc2nc(-n3ccnc3)nc3ccccc23)c1. The lowest BCUT2D eigenvalue weighted by Gasteiger charge is -2.12. The minimum Gasteiger partial charge on any atom is -0.406 e. The number of benzene rings is 4. The van der Waals surface area contributed by atoms with Crippen LogP contribution in [-0.2, 0) is 13.1 Å². The molecule has 8 rings (SSSR count). The summed E-state index contributed by atoms with van der Waals surface area (Å²) in [5, 5.41) is 7.95. The van der Waals surface area contributed by atoms with E-state index in [-0.39, 0.29) is 24.6 Å². The number of para-hydroxylation sites is 2. The highest BCUT2D eigenvalue weighted by Gasteiger charge is 2.31. The molecule has 0 fully saturated rings. The van der Waals surface area contributed by atoms with E-state index in [1.54, 1.807) is 58.7 Å². The number of hydrogen-bond acceptors (Lipinski definition) is 10. The molecule has 4 heterocycles. The summed E-state index contributed by atoms with van der Waals surface area (Å²) in [7, 11) is 0. The lowest BCUT2D eigenvalue weighted by atomic mass is 10.2. The zero-order chi connectivity index (χ0) is 39.1. The fourth-order valence-electron chi connectivity index (χ4n) is 5.46. The maximum Gasteiger partial charge on any atom is 0.573 e. The number of ether oxygens (including phenoxy) is 2. The molecule has 18 heteroatoms. The van der Waals surface area contributed by atoms with E-state index >= 15 is 0 Å². The first-order valence-electron chi connectivity index (χ1n) is 16.6. The van der Waals surface area contributed by atoms with Crippen LogP contribution in [0.2, 0.25) is 0 Å². The number of nitrogens with one attached hydrogen (secondary N) is 2. The van der Waals surface area contributed by atoms with E-state index in [4.69, 9.17) is 0 Å². The predicted octanol–water partition coefficient (Wildman–Crippen LogP) is 8.65. The van der Waals surface area contributed by atoms with Gasteiger partial charge in [-0.25, -0.2) is 19.9 Å². The molecular formula is C38H28F6N10O2. The van der Waals surface area contributed by atoms with Gasteiger partial charge in [0.2, 0.25) is 11.9 Å². The number of hydrogen-bond donors (Lipinski definition) is 2. The molecule has 0 atom stereocenters. The van der Waals surface area contributed by atoms with E-state index in [9.17, 15) is 26.3 Å². The highest BCUT2D eigenvalue weighted by atomic mass is 19.4. The van der Waals surface area contributed by atoms with Crippen LogP contribution in [0.3, 0.4) is 0 Å². The molecule has 4 aromatic carbocycles. The third-order valence-corrected chi connectivity index (χ3v) is 7.84. The number of nitrogens with zero attached hydrogens (tertiary/aromatic N) is 8. The first-order chi connectivity index (χ1) is 27.0. The number of alkyl halides is 6. The van der Waals surface area contributed by atoms with Gasteiger partial charge >= 0.3 is 12.7 Å². The molecule has 0 amide bonds. The van der Waals surface area contributed by atoms with Gasteiger partial charge in [0, 0.05) is 48.6 Å². The summed E-state index contributed by atoms with van der Waals surface area (Å²) in [6, 6.07) is 26.6. The molecule has 0 aliphatic heterocycles. The molecule has 4 aromatic heterocycles. The van der Waals surface area contributed by atoms with Crippen LogP contribution in [-0.4, -0.2) is 51.8 Å². The van der Waals surface area contributed by atoms with Crippen LogP contribution in [0.1, 0.15) is 11.1 Å². The van der Waals surface area contributed by atoms with E-state index in [2.05, 4.69) is 50.0 Å². The van der Waals surface area contributed by atoms with Gasteiger partial charge in [0.15, 0.2) is 0 Å². The fraction of sp³-hybridized carbons (Fsp3) is 0.105. The summed E-state index contributed by atoms with van der Waals surface area (Å²) >= 11 is 0. The van der Waals surface area contributed by atoms with E-state index < -0.39 is 12.7 Å². The number of halogens is 6. The van der Waals surface area contributed by atoms with Crippen molar-refractivity contribution in [1.82, 2.24) is 39.0 Å². The zero-order valence-electron chi connectivity index (χ0n) is 28.8. The minimum atomic E-state index is -4.73. The highest BCUT2D eigenvalue weighted by molar-refractivity contribution is 5.90. The Hall–Kier alpha value is -7.24. The van der Waals surface area contributed by atoms with Crippen LogP contribution in [0.25, 0.3) is 33.7 Å². The first-order valence-corrected chi connectivity index (χ1v) is 16.6. The average Bonchev–Trinajstić information content (AvgIpc) is 3.91. The smallest absolute Gasteiger partial charge is 0.406 e.